The lowest BCUT2D eigenvalue weighted by Crippen LogP contribution is -2.36. The van der Waals surface area contributed by atoms with Crippen LogP contribution < -0.4 is 0 Å². The lowest BCUT2D eigenvalue weighted by Gasteiger charge is -2.25. The fourth-order valence-electron chi connectivity index (χ4n) is 4.14. The second-order valence-corrected chi connectivity index (χ2v) is 7.82. The molecule has 148 valence electrons. The summed E-state index contributed by atoms with van der Waals surface area (Å²) < 4.78 is 5.31. The molecular weight excluding hydrogens is 366 g/mol. The first-order valence-corrected chi connectivity index (χ1v) is 10.1. The van der Waals surface area contributed by atoms with Gasteiger partial charge in [0.05, 0.1) is 5.69 Å². The number of likely N-dealkylation sites (tertiary alicyclic amines) is 1. The summed E-state index contributed by atoms with van der Waals surface area (Å²) in [6.45, 7) is 5.41. The number of H-pyrrole nitrogens is 1. The van der Waals surface area contributed by atoms with Crippen molar-refractivity contribution in [3.05, 3.63) is 52.6 Å². The van der Waals surface area contributed by atoms with E-state index in [1.54, 1.807) is 0 Å². The normalized spacial score (nSPS) is 16.1. The number of aryl methyl sites for hydroxylation is 2. The topological polar surface area (TPSA) is 87.9 Å². The highest BCUT2D eigenvalue weighted by Gasteiger charge is 2.23. The lowest BCUT2D eigenvalue weighted by molar-refractivity contribution is 0.0713. The van der Waals surface area contributed by atoms with Crippen LogP contribution in [-0.2, 0) is 6.42 Å². The molecule has 0 spiro atoms. The molecule has 7 heteroatoms. The number of piperidine rings is 1. The van der Waals surface area contributed by atoms with Crippen molar-refractivity contribution in [2.75, 3.05) is 13.1 Å². The van der Waals surface area contributed by atoms with Crippen molar-refractivity contribution in [1.29, 1.82) is 0 Å². The van der Waals surface area contributed by atoms with Gasteiger partial charge in [-0.05, 0) is 56.4 Å². The van der Waals surface area contributed by atoms with Crippen LogP contribution in [0.25, 0.3) is 22.9 Å². The van der Waals surface area contributed by atoms with Crippen LogP contribution in [-0.4, -0.2) is 44.0 Å². The summed E-state index contributed by atoms with van der Waals surface area (Å²) in [4.78, 5) is 26.9. The fourth-order valence-corrected chi connectivity index (χ4v) is 4.14. The van der Waals surface area contributed by atoms with E-state index in [2.05, 4.69) is 44.4 Å². The van der Waals surface area contributed by atoms with Gasteiger partial charge in [0.2, 0.25) is 0 Å². The number of aromatic amines is 1. The summed E-state index contributed by atoms with van der Waals surface area (Å²) in [5.74, 6) is 1.63. The molecule has 1 aliphatic heterocycles. The highest BCUT2D eigenvalue weighted by molar-refractivity contribution is 5.92. The van der Waals surface area contributed by atoms with E-state index in [1.165, 1.54) is 12.0 Å². The van der Waals surface area contributed by atoms with Crippen LogP contribution in [0.2, 0.25) is 0 Å². The van der Waals surface area contributed by atoms with Gasteiger partial charge in [0.1, 0.15) is 0 Å². The Kier molecular flexibility index (Phi) is 4.30. The summed E-state index contributed by atoms with van der Waals surface area (Å²) in [5.41, 5.74) is 6.09. The van der Waals surface area contributed by atoms with Crippen LogP contribution in [0.5, 0.6) is 0 Å². The lowest BCUT2D eigenvalue weighted by atomic mass is 10.0. The third-order valence-corrected chi connectivity index (χ3v) is 5.66. The van der Waals surface area contributed by atoms with Crippen LogP contribution in [0.3, 0.4) is 0 Å². The Bertz CT molecular complexity index is 1120. The third-order valence-electron chi connectivity index (χ3n) is 5.66. The van der Waals surface area contributed by atoms with E-state index in [-0.39, 0.29) is 5.91 Å². The Morgan fingerprint density at radius 2 is 1.97 bits per heavy atom. The number of carbonyl (C=O) groups is 1. The molecule has 2 aliphatic rings. The number of benzene rings is 1. The van der Waals surface area contributed by atoms with E-state index in [1.807, 2.05) is 18.7 Å². The van der Waals surface area contributed by atoms with Crippen molar-refractivity contribution < 1.29 is 9.32 Å². The number of amides is 1. The summed E-state index contributed by atoms with van der Waals surface area (Å²) in [6, 6.07) is 6.29. The molecule has 2 aromatic heterocycles. The molecule has 1 fully saturated rings. The second kappa shape index (κ2) is 6.99. The Morgan fingerprint density at radius 3 is 2.72 bits per heavy atom. The summed E-state index contributed by atoms with van der Waals surface area (Å²) in [6.07, 6.45) is 6.19. The number of nitrogens with one attached hydrogen (secondary N) is 1. The number of hydrogen-bond donors (Lipinski definition) is 1. The molecule has 0 bridgehead atoms. The standard InChI is InChI=1S/C22H23N5O2/c1-13-19(25-20(23-13)22(28)27-8-4-3-5-9-27)16-7-6-15-10-18(12-17(15)11-16)21-24-14(2)26-29-21/h6-7,11-12H,3-5,8-10H2,1-2H3,(H,23,25). The van der Waals surface area contributed by atoms with Gasteiger partial charge in [0.25, 0.3) is 11.8 Å². The minimum atomic E-state index is -0.00541. The maximum absolute atomic E-state index is 12.8. The van der Waals surface area contributed by atoms with E-state index in [4.69, 9.17) is 4.52 Å². The molecule has 1 saturated heterocycles. The molecule has 1 aliphatic carbocycles. The molecule has 1 aromatic carbocycles. The largest absolute Gasteiger partial charge is 0.337 e. The number of rotatable bonds is 3. The first-order chi connectivity index (χ1) is 14.1. The minimum absolute atomic E-state index is 0.00541. The van der Waals surface area contributed by atoms with Gasteiger partial charge < -0.3 is 14.4 Å². The molecule has 3 aromatic rings. The Morgan fingerprint density at radius 1 is 1.14 bits per heavy atom. The van der Waals surface area contributed by atoms with E-state index in [0.717, 1.165) is 60.4 Å². The number of aromatic nitrogens is 4. The number of nitrogens with zero attached hydrogens (tertiary/aromatic N) is 4. The molecule has 0 unspecified atom stereocenters. The number of imidazole rings is 1. The SMILES string of the molecule is Cc1noc(C2=Cc3cc(-c4nc(C(=O)N5CCCCC5)[nH]c4C)ccc3C2)n1. The Labute approximate surface area is 168 Å². The first-order valence-electron chi connectivity index (χ1n) is 10.1. The van der Waals surface area contributed by atoms with Gasteiger partial charge in [0.15, 0.2) is 11.6 Å². The van der Waals surface area contributed by atoms with E-state index in [9.17, 15) is 4.79 Å². The monoisotopic (exact) mass is 389 g/mol. The van der Waals surface area contributed by atoms with E-state index >= 15 is 0 Å². The van der Waals surface area contributed by atoms with Gasteiger partial charge in [-0.1, -0.05) is 17.3 Å². The van der Waals surface area contributed by atoms with Gasteiger partial charge in [-0.3, -0.25) is 4.79 Å². The van der Waals surface area contributed by atoms with Crippen molar-refractivity contribution in [3.63, 3.8) is 0 Å². The Hall–Kier alpha value is -3.22. The van der Waals surface area contributed by atoms with Crippen molar-refractivity contribution >= 4 is 17.6 Å². The maximum atomic E-state index is 12.8. The predicted molar refractivity (Wildman–Crippen MR) is 109 cm³/mol. The van der Waals surface area contributed by atoms with Gasteiger partial charge in [-0.2, -0.15) is 4.98 Å². The second-order valence-electron chi connectivity index (χ2n) is 7.82. The number of fused-ring (bicyclic) bond motifs is 1. The van der Waals surface area contributed by atoms with Crippen molar-refractivity contribution in [2.24, 2.45) is 0 Å². The molecule has 1 amide bonds. The van der Waals surface area contributed by atoms with Crippen molar-refractivity contribution in [1.82, 2.24) is 25.0 Å². The molecule has 5 rings (SSSR count). The van der Waals surface area contributed by atoms with Gasteiger partial charge in [-0.25, -0.2) is 4.98 Å². The van der Waals surface area contributed by atoms with Gasteiger partial charge in [0, 0.05) is 36.3 Å². The number of hydrogen-bond acceptors (Lipinski definition) is 5. The molecular formula is C22H23N5O2. The van der Waals surface area contributed by atoms with Gasteiger partial charge in [-0.15, -0.1) is 0 Å². The molecule has 29 heavy (non-hydrogen) atoms. The third kappa shape index (κ3) is 3.26. The smallest absolute Gasteiger partial charge is 0.289 e. The Balaban J connectivity index is 1.43. The average molecular weight is 389 g/mol. The van der Waals surface area contributed by atoms with E-state index < -0.39 is 0 Å². The summed E-state index contributed by atoms with van der Waals surface area (Å²) >= 11 is 0. The molecule has 0 atom stereocenters. The van der Waals surface area contributed by atoms with Crippen LogP contribution in [0, 0.1) is 13.8 Å². The van der Waals surface area contributed by atoms with Crippen molar-refractivity contribution in [3.8, 4) is 11.3 Å². The molecule has 7 nitrogen and oxygen atoms in total. The zero-order chi connectivity index (χ0) is 20.0. The fraction of sp³-hybridized carbons (Fsp3) is 0.364. The van der Waals surface area contributed by atoms with E-state index in [0.29, 0.717) is 17.5 Å². The van der Waals surface area contributed by atoms with Crippen molar-refractivity contribution in [2.45, 2.75) is 39.5 Å². The highest BCUT2D eigenvalue weighted by Crippen LogP contribution is 2.34. The maximum Gasteiger partial charge on any atom is 0.289 e. The van der Waals surface area contributed by atoms with Gasteiger partial charge >= 0.3 is 0 Å². The molecule has 0 radical (unpaired) electrons. The van der Waals surface area contributed by atoms with Crippen LogP contribution in [0.1, 0.15) is 58.4 Å². The molecule has 0 saturated carbocycles. The zero-order valence-corrected chi connectivity index (χ0v) is 16.7. The zero-order valence-electron chi connectivity index (χ0n) is 16.7. The van der Waals surface area contributed by atoms with Crippen LogP contribution >= 0.6 is 0 Å². The number of allylic oxidation sites excluding steroid dienone is 1. The summed E-state index contributed by atoms with van der Waals surface area (Å²) in [5, 5.41) is 3.88. The van der Waals surface area contributed by atoms with Crippen LogP contribution in [0.15, 0.2) is 22.7 Å². The highest BCUT2D eigenvalue weighted by atomic mass is 16.5. The minimum Gasteiger partial charge on any atom is -0.337 e. The first kappa shape index (κ1) is 17.8. The summed E-state index contributed by atoms with van der Waals surface area (Å²) in [7, 11) is 0. The van der Waals surface area contributed by atoms with Crippen LogP contribution in [0.4, 0.5) is 0 Å². The molecule has 1 N–H and O–H groups in total. The molecule has 3 heterocycles. The predicted octanol–water partition coefficient (Wildman–Crippen LogP) is 3.80. The quantitative estimate of drug-likeness (QED) is 0.736. The average Bonchev–Trinajstić information content (AvgIpc) is 3.45. The number of carbonyl (C=O) groups excluding carboxylic acids is 1.